The van der Waals surface area contributed by atoms with Gasteiger partial charge in [0.1, 0.15) is 0 Å². The van der Waals surface area contributed by atoms with Crippen molar-refractivity contribution in [2.45, 2.75) is 21.1 Å². The summed E-state index contributed by atoms with van der Waals surface area (Å²) in [6.07, 6.45) is 9.84. The molecule has 0 atom stereocenters. The number of benzene rings is 7. The van der Waals surface area contributed by atoms with Gasteiger partial charge in [-0.25, -0.2) is 4.21 Å². The highest BCUT2D eigenvalue weighted by Gasteiger charge is 2.29. The number of thioether (sulfide) groups is 1. The summed E-state index contributed by atoms with van der Waals surface area (Å²) in [6.45, 7) is 0. The molecule has 1 aliphatic carbocycles. The van der Waals surface area contributed by atoms with Crippen LogP contribution in [0.3, 0.4) is 0 Å². The molecule has 0 spiro atoms. The van der Waals surface area contributed by atoms with Gasteiger partial charge in [-0.05, 0) is 126 Å². The number of hydrogen-bond donors (Lipinski definition) is 0. The normalized spacial score (nSPS) is 14.7. The van der Waals surface area contributed by atoms with E-state index >= 15 is 0 Å². The van der Waals surface area contributed by atoms with E-state index in [4.69, 9.17) is 0 Å². The van der Waals surface area contributed by atoms with Gasteiger partial charge in [0.25, 0.3) is 0 Å². The SMILES string of the molecule is O=c1c2ccc(-c3ccc(N4C5=C(C=CCC=C5)Sc5ccccc54)cc3)cc2sc2ccc(-c3ccc(N4c5ccccc5S(=O)c5ccccc54)cc3)cc12. The van der Waals surface area contributed by atoms with Crippen molar-refractivity contribution in [3.05, 3.63) is 203 Å². The minimum Gasteiger partial charge on any atom is -0.308 e. The van der Waals surface area contributed by atoms with Crippen LogP contribution in [-0.4, -0.2) is 4.21 Å². The Morgan fingerprint density at radius 1 is 0.509 bits per heavy atom. The fraction of sp³-hybridized carbons (Fsp3) is 0.0200. The molecule has 0 amide bonds. The van der Waals surface area contributed by atoms with Crippen LogP contribution in [-0.2, 0) is 10.8 Å². The molecule has 0 unspecified atom stereocenters. The summed E-state index contributed by atoms with van der Waals surface area (Å²) in [5.41, 5.74) is 10.6. The van der Waals surface area contributed by atoms with Gasteiger partial charge < -0.3 is 9.80 Å². The average molecular weight is 789 g/mol. The van der Waals surface area contributed by atoms with Crippen molar-refractivity contribution in [2.75, 3.05) is 9.80 Å². The molecule has 0 N–H and O–H groups in total. The first kappa shape index (κ1) is 34.0. The number of fused-ring (bicyclic) bond motifs is 5. The average Bonchev–Trinajstić information content (AvgIpc) is 3.51. The zero-order chi connectivity index (χ0) is 38.0. The Morgan fingerprint density at radius 2 is 1.09 bits per heavy atom. The summed E-state index contributed by atoms with van der Waals surface area (Å²) in [6, 6.07) is 53.9. The molecule has 0 radical (unpaired) electrons. The summed E-state index contributed by atoms with van der Waals surface area (Å²) in [7, 11) is -1.24. The number of nitrogens with zero attached hydrogens (tertiary/aromatic N) is 2. The standard InChI is InChI=1S/C50H32N2O2S3/c53-50-38-28-22-35(33-20-24-36(25-21-33)51-40-10-2-1-3-14-45(40)56-46-15-7-4-11-41(46)51)31-47(38)55-44-29-23-34(30-39(44)50)32-18-26-37(27-19-32)52-42-12-5-8-16-48(42)57(54)49-17-9-6-13-43(49)52/h2-31H,1H2. The minimum atomic E-state index is -1.24. The van der Waals surface area contributed by atoms with Crippen LogP contribution in [0.4, 0.5) is 28.4 Å². The van der Waals surface area contributed by atoms with E-state index in [1.165, 1.54) is 21.2 Å². The molecule has 8 aromatic rings. The summed E-state index contributed by atoms with van der Waals surface area (Å²) in [4.78, 5) is 22.7. The Morgan fingerprint density at radius 3 is 1.81 bits per heavy atom. The number of allylic oxidation sites excluding steroid dienone is 4. The van der Waals surface area contributed by atoms with Gasteiger partial charge in [0.05, 0.1) is 43.3 Å². The molecule has 0 saturated heterocycles. The number of hydrogen-bond acceptors (Lipinski definition) is 6. The quantitative estimate of drug-likeness (QED) is 0.166. The molecule has 272 valence electrons. The Labute approximate surface area is 340 Å². The predicted molar refractivity (Wildman–Crippen MR) is 240 cm³/mol. The number of rotatable bonds is 4. The highest BCUT2D eigenvalue weighted by atomic mass is 32.2. The van der Waals surface area contributed by atoms with Crippen LogP contribution in [0.5, 0.6) is 0 Å². The molecule has 3 heterocycles. The molecule has 1 aromatic heterocycles. The van der Waals surface area contributed by atoms with Crippen LogP contribution < -0.4 is 15.2 Å². The van der Waals surface area contributed by atoms with Crippen molar-refractivity contribution < 1.29 is 4.21 Å². The maximum absolute atomic E-state index is 14.1. The fourth-order valence-electron chi connectivity index (χ4n) is 8.07. The molecule has 4 nitrogen and oxygen atoms in total. The lowest BCUT2D eigenvalue weighted by Gasteiger charge is -2.33. The molecule has 7 heteroatoms. The number of para-hydroxylation sites is 3. The molecule has 2 aliphatic heterocycles. The Balaban J connectivity index is 0.903. The zero-order valence-electron chi connectivity index (χ0n) is 30.5. The lowest BCUT2D eigenvalue weighted by Crippen LogP contribution is -2.19. The van der Waals surface area contributed by atoms with Crippen LogP contribution in [0.25, 0.3) is 42.4 Å². The van der Waals surface area contributed by atoms with E-state index in [1.54, 1.807) is 11.3 Å². The van der Waals surface area contributed by atoms with Crippen LogP contribution in [0.2, 0.25) is 0 Å². The number of anilines is 5. The second-order valence-electron chi connectivity index (χ2n) is 14.2. The second-order valence-corrected chi connectivity index (χ2v) is 17.8. The van der Waals surface area contributed by atoms with Crippen LogP contribution in [0.15, 0.2) is 212 Å². The van der Waals surface area contributed by atoms with E-state index in [2.05, 4.69) is 131 Å². The highest BCUT2D eigenvalue weighted by molar-refractivity contribution is 8.03. The Kier molecular flexibility index (Phi) is 8.21. The molecule has 3 aliphatic rings. The van der Waals surface area contributed by atoms with E-state index in [0.717, 1.165) is 81.4 Å². The third-order valence-corrected chi connectivity index (χ3v) is 14.6. The first-order chi connectivity index (χ1) is 28.1. The molecule has 0 fully saturated rings. The predicted octanol–water partition coefficient (Wildman–Crippen LogP) is 13.7. The molecular formula is C50H32N2O2S3. The van der Waals surface area contributed by atoms with Gasteiger partial charge in [0, 0.05) is 41.3 Å². The topological polar surface area (TPSA) is 40.6 Å². The van der Waals surface area contributed by atoms with Crippen molar-refractivity contribution in [1.82, 2.24) is 0 Å². The monoisotopic (exact) mass is 788 g/mol. The van der Waals surface area contributed by atoms with Gasteiger partial charge in [-0.15, -0.1) is 11.3 Å². The van der Waals surface area contributed by atoms with E-state index in [-0.39, 0.29) is 5.43 Å². The van der Waals surface area contributed by atoms with Crippen molar-refractivity contribution in [3.8, 4) is 22.3 Å². The van der Waals surface area contributed by atoms with Crippen molar-refractivity contribution in [3.63, 3.8) is 0 Å². The Bertz CT molecular complexity index is 3080. The first-order valence-corrected chi connectivity index (χ1v) is 21.6. The highest BCUT2D eigenvalue weighted by Crippen LogP contribution is 2.49. The van der Waals surface area contributed by atoms with Crippen LogP contribution in [0, 0.1) is 0 Å². The molecular weight excluding hydrogens is 757 g/mol. The lowest BCUT2D eigenvalue weighted by molar-refractivity contribution is 0.682. The van der Waals surface area contributed by atoms with Gasteiger partial charge in [0.2, 0.25) is 0 Å². The smallest absolute Gasteiger partial charge is 0.195 e. The fourth-order valence-corrected chi connectivity index (χ4v) is 11.6. The van der Waals surface area contributed by atoms with Crippen molar-refractivity contribution >= 4 is 82.5 Å². The van der Waals surface area contributed by atoms with E-state index in [9.17, 15) is 9.00 Å². The van der Waals surface area contributed by atoms with Gasteiger partial charge in [-0.2, -0.15) is 0 Å². The van der Waals surface area contributed by atoms with Crippen molar-refractivity contribution in [1.29, 1.82) is 0 Å². The van der Waals surface area contributed by atoms with E-state index in [0.29, 0.717) is 0 Å². The molecule has 0 saturated carbocycles. The second kappa shape index (κ2) is 13.7. The van der Waals surface area contributed by atoms with Gasteiger partial charge in [-0.3, -0.25) is 4.79 Å². The summed E-state index contributed by atoms with van der Waals surface area (Å²) >= 11 is 3.48. The maximum atomic E-state index is 14.1. The van der Waals surface area contributed by atoms with Gasteiger partial charge in [0.15, 0.2) is 5.43 Å². The van der Waals surface area contributed by atoms with Crippen LogP contribution in [0.1, 0.15) is 6.42 Å². The van der Waals surface area contributed by atoms with Gasteiger partial charge in [-0.1, -0.05) is 96.7 Å². The maximum Gasteiger partial charge on any atom is 0.195 e. The lowest BCUT2D eigenvalue weighted by atomic mass is 10.0. The molecule has 11 rings (SSSR count). The van der Waals surface area contributed by atoms with Crippen molar-refractivity contribution in [2.24, 2.45) is 0 Å². The summed E-state index contributed by atoms with van der Waals surface area (Å²) in [5.74, 6) is 0. The summed E-state index contributed by atoms with van der Waals surface area (Å²) in [5, 5.41) is 1.46. The molecule has 57 heavy (non-hydrogen) atoms. The zero-order valence-corrected chi connectivity index (χ0v) is 32.9. The third-order valence-electron chi connectivity index (χ3n) is 10.8. The van der Waals surface area contributed by atoms with Crippen LogP contribution >= 0.6 is 23.1 Å². The van der Waals surface area contributed by atoms with E-state index < -0.39 is 10.8 Å². The van der Waals surface area contributed by atoms with E-state index in [1.807, 2.05) is 72.4 Å². The molecule has 0 bridgehead atoms. The molecule has 7 aromatic carbocycles. The first-order valence-electron chi connectivity index (χ1n) is 18.8. The Hall–Kier alpha value is -6.25. The van der Waals surface area contributed by atoms with Gasteiger partial charge >= 0.3 is 0 Å². The largest absolute Gasteiger partial charge is 0.308 e. The third kappa shape index (κ3) is 5.73. The minimum absolute atomic E-state index is 0.0462. The summed E-state index contributed by atoms with van der Waals surface area (Å²) < 4.78 is 15.3.